The van der Waals surface area contributed by atoms with E-state index in [4.69, 9.17) is 9.31 Å². The van der Waals surface area contributed by atoms with E-state index in [1.165, 1.54) is 12.1 Å². The number of H-pyrrole nitrogens is 1. The van der Waals surface area contributed by atoms with Gasteiger partial charge in [0.25, 0.3) is 0 Å². The van der Waals surface area contributed by atoms with E-state index >= 15 is 0 Å². The molecule has 0 radical (unpaired) electrons. The Morgan fingerprint density at radius 3 is 2.42 bits per heavy atom. The van der Waals surface area contributed by atoms with Gasteiger partial charge >= 0.3 is 7.12 Å². The maximum Gasteiger partial charge on any atom is 0.487 e. The van der Waals surface area contributed by atoms with Crippen molar-refractivity contribution in [3.8, 4) is 0 Å². The summed E-state index contributed by atoms with van der Waals surface area (Å²) in [5.74, 6) is 1.11. The molecule has 1 aliphatic rings. The fourth-order valence-electron chi connectivity index (χ4n) is 1.75. The van der Waals surface area contributed by atoms with Gasteiger partial charge in [0, 0.05) is 17.8 Å². The van der Waals surface area contributed by atoms with Crippen molar-refractivity contribution in [2.24, 2.45) is 0 Å². The second-order valence-electron chi connectivity index (χ2n) is 5.58. The number of halogens is 1. The molecule has 102 valence electrons. The molecule has 19 heavy (non-hydrogen) atoms. The van der Waals surface area contributed by atoms with Gasteiger partial charge in [0.05, 0.1) is 11.2 Å². The third kappa shape index (κ3) is 2.79. The Morgan fingerprint density at radius 1 is 1.26 bits per heavy atom. The molecule has 0 unspecified atom stereocenters. The summed E-state index contributed by atoms with van der Waals surface area (Å²) in [4.78, 5) is 13.4. The number of aromatic amines is 1. The Morgan fingerprint density at radius 2 is 1.84 bits per heavy atom. The van der Waals surface area contributed by atoms with E-state index < -0.39 is 24.1 Å². The van der Waals surface area contributed by atoms with E-state index in [1.54, 1.807) is 5.98 Å². The summed E-state index contributed by atoms with van der Waals surface area (Å²) in [6, 6.07) is 1.19. The molecule has 0 atom stereocenters. The van der Waals surface area contributed by atoms with Gasteiger partial charge in [0.15, 0.2) is 0 Å². The number of pyridine rings is 1. The van der Waals surface area contributed by atoms with Gasteiger partial charge in [-0.15, -0.1) is 0 Å². The van der Waals surface area contributed by atoms with E-state index in [-0.39, 0.29) is 11.1 Å². The molecule has 1 N–H and O–H groups in total. The van der Waals surface area contributed by atoms with E-state index in [0.717, 1.165) is 6.20 Å². The first kappa shape index (κ1) is 14.0. The second-order valence-corrected chi connectivity index (χ2v) is 5.58. The molecule has 1 saturated heterocycles. The van der Waals surface area contributed by atoms with Gasteiger partial charge < -0.3 is 14.3 Å². The van der Waals surface area contributed by atoms with Gasteiger partial charge in [-0.1, -0.05) is 12.1 Å². The summed E-state index contributed by atoms with van der Waals surface area (Å²) < 4.78 is 24.9. The Balaban J connectivity index is 2.17. The van der Waals surface area contributed by atoms with Crippen molar-refractivity contribution in [3.63, 3.8) is 0 Å². The van der Waals surface area contributed by atoms with Gasteiger partial charge in [0.2, 0.25) is 5.56 Å². The molecule has 0 amide bonds. The van der Waals surface area contributed by atoms with E-state index in [1.807, 2.05) is 27.7 Å². The van der Waals surface area contributed by atoms with Gasteiger partial charge in [-0.3, -0.25) is 4.79 Å². The van der Waals surface area contributed by atoms with Crippen molar-refractivity contribution in [2.75, 3.05) is 0 Å². The number of hydrogen-bond acceptors (Lipinski definition) is 3. The maximum absolute atomic E-state index is 13.4. The molecular formula is C13H17BFNO3. The van der Waals surface area contributed by atoms with Gasteiger partial charge in [-0.05, 0) is 27.7 Å². The predicted octanol–water partition coefficient (Wildman–Crippen LogP) is 2.16. The molecule has 0 spiro atoms. The molecule has 4 nitrogen and oxygen atoms in total. The number of rotatable bonds is 2. The molecule has 0 bridgehead atoms. The fraction of sp³-hybridized carbons (Fsp3) is 0.462. The first-order valence-electron chi connectivity index (χ1n) is 6.13. The summed E-state index contributed by atoms with van der Waals surface area (Å²) in [6.45, 7) is 7.76. The lowest BCUT2D eigenvalue weighted by Crippen LogP contribution is -2.41. The van der Waals surface area contributed by atoms with Gasteiger partial charge in [0.1, 0.15) is 5.82 Å². The Bertz CT molecular complexity index is 549. The second kappa shape index (κ2) is 4.61. The molecule has 2 rings (SSSR count). The van der Waals surface area contributed by atoms with Gasteiger partial charge in [-0.2, -0.15) is 0 Å². The minimum absolute atomic E-state index is 0.207. The lowest BCUT2D eigenvalue weighted by molar-refractivity contribution is 0.00578. The Hall–Kier alpha value is -1.40. The van der Waals surface area contributed by atoms with E-state index in [9.17, 15) is 9.18 Å². The van der Waals surface area contributed by atoms with Crippen LogP contribution in [-0.4, -0.2) is 23.3 Å². The van der Waals surface area contributed by atoms with Crippen LogP contribution in [0, 0.1) is 5.82 Å². The van der Waals surface area contributed by atoms with Crippen molar-refractivity contribution < 1.29 is 13.7 Å². The summed E-state index contributed by atoms with van der Waals surface area (Å²) in [5, 5.41) is 0. The Kier molecular flexibility index (Phi) is 3.41. The molecule has 1 fully saturated rings. The summed E-state index contributed by atoms with van der Waals surface area (Å²) in [7, 11) is -0.552. The van der Waals surface area contributed by atoms with Crippen LogP contribution in [0.15, 0.2) is 23.0 Å². The zero-order valence-corrected chi connectivity index (χ0v) is 11.5. The van der Waals surface area contributed by atoms with Crippen LogP contribution in [0.25, 0.3) is 6.08 Å². The van der Waals surface area contributed by atoms with Crippen LogP contribution in [0.5, 0.6) is 0 Å². The predicted molar refractivity (Wildman–Crippen MR) is 72.1 cm³/mol. The van der Waals surface area contributed by atoms with Crippen molar-refractivity contribution in [3.05, 3.63) is 40.0 Å². The zero-order valence-electron chi connectivity index (χ0n) is 11.5. The van der Waals surface area contributed by atoms with Crippen LogP contribution in [0.4, 0.5) is 4.39 Å². The first-order valence-corrected chi connectivity index (χ1v) is 6.13. The highest BCUT2D eigenvalue weighted by molar-refractivity contribution is 6.52. The van der Waals surface area contributed by atoms with Crippen molar-refractivity contribution in [2.45, 2.75) is 38.9 Å². The minimum Gasteiger partial charge on any atom is -0.400 e. The minimum atomic E-state index is -0.552. The standard InChI is InChI=1S/C13H17BFNO3/c1-12(2)13(3,4)19-14(18-12)6-5-9-7-11(17)16-8-10(9)15/h5-8H,1-4H3,(H,16,17)/b6-5+. The fourth-order valence-corrected chi connectivity index (χ4v) is 1.75. The molecule has 1 aromatic heterocycles. The zero-order chi connectivity index (χ0) is 14.3. The topological polar surface area (TPSA) is 51.3 Å². The molecule has 0 aromatic carbocycles. The molecule has 6 heteroatoms. The van der Waals surface area contributed by atoms with Crippen LogP contribution >= 0.6 is 0 Å². The van der Waals surface area contributed by atoms with E-state index in [0.29, 0.717) is 0 Å². The molecule has 0 saturated carbocycles. The SMILES string of the molecule is CC1(C)OB(/C=C/c2cc(=O)[nH]cc2F)OC1(C)C. The van der Waals surface area contributed by atoms with Crippen LogP contribution in [0.1, 0.15) is 33.3 Å². The average Bonchev–Trinajstić information content (AvgIpc) is 2.49. The third-order valence-electron chi connectivity index (χ3n) is 3.61. The summed E-state index contributed by atoms with van der Waals surface area (Å²) >= 11 is 0. The number of hydrogen-bond donors (Lipinski definition) is 1. The molecule has 1 aromatic rings. The number of aromatic nitrogens is 1. The third-order valence-corrected chi connectivity index (χ3v) is 3.61. The summed E-state index contributed by atoms with van der Waals surface area (Å²) in [6.07, 6.45) is 2.53. The van der Waals surface area contributed by atoms with Crippen molar-refractivity contribution in [1.82, 2.24) is 4.98 Å². The van der Waals surface area contributed by atoms with Crippen molar-refractivity contribution in [1.29, 1.82) is 0 Å². The smallest absolute Gasteiger partial charge is 0.400 e. The molecule has 1 aliphatic heterocycles. The maximum atomic E-state index is 13.4. The highest BCUT2D eigenvalue weighted by Crippen LogP contribution is 2.36. The highest BCUT2D eigenvalue weighted by Gasteiger charge is 2.49. The van der Waals surface area contributed by atoms with Crippen LogP contribution in [-0.2, 0) is 9.31 Å². The van der Waals surface area contributed by atoms with E-state index in [2.05, 4.69) is 4.98 Å². The van der Waals surface area contributed by atoms with Crippen LogP contribution in [0.2, 0.25) is 0 Å². The van der Waals surface area contributed by atoms with Crippen LogP contribution < -0.4 is 5.56 Å². The monoisotopic (exact) mass is 265 g/mol. The lowest BCUT2D eigenvalue weighted by Gasteiger charge is -2.32. The number of nitrogens with one attached hydrogen (secondary N) is 1. The average molecular weight is 265 g/mol. The lowest BCUT2D eigenvalue weighted by atomic mass is 9.89. The highest BCUT2D eigenvalue weighted by atomic mass is 19.1. The van der Waals surface area contributed by atoms with Gasteiger partial charge in [-0.25, -0.2) is 4.39 Å². The Labute approximate surface area is 111 Å². The quantitative estimate of drug-likeness (QED) is 0.833. The molecule has 0 aliphatic carbocycles. The summed E-state index contributed by atoms with van der Waals surface area (Å²) in [5.41, 5.74) is -1.02. The molecule has 2 heterocycles. The normalized spacial score (nSPS) is 21.2. The molecular weight excluding hydrogens is 248 g/mol. The van der Waals surface area contributed by atoms with Crippen molar-refractivity contribution >= 4 is 13.2 Å². The van der Waals surface area contributed by atoms with Crippen LogP contribution in [0.3, 0.4) is 0 Å². The first-order chi connectivity index (χ1) is 8.71. The largest absolute Gasteiger partial charge is 0.487 e.